The highest BCUT2D eigenvalue weighted by molar-refractivity contribution is 5.20. The quantitative estimate of drug-likeness (QED) is 0.691. The zero-order chi connectivity index (χ0) is 10.9. The second-order valence-electron chi connectivity index (χ2n) is 3.06. The number of hydrogen-bond acceptors (Lipinski definition) is 2. The molecular weight excluding hydrogens is 201 g/mol. The number of halogens is 3. The van der Waals surface area contributed by atoms with Gasteiger partial charge in [0.25, 0.3) is 0 Å². The third-order valence-corrected chi connectivity index (χ3v) is 1.77. The lowest BCUT2D eigenvalue weighted by molar-refractivity contribution is -0.138. The summed E-state index contributed by atoms with van der Waals surface area (Å²) in [6.45, 7) is 1.27. The van der Waals surface area contributed by atoms with E-state index in [1.165, 1.54) is 6.92 Å². The molecule has 1 heterocycles. The van der Waals surface area contributed by atoms with Crippen LogP contribution in [0.1, 0.15) is 25.0 Å². The summed E-state index contributed by atoms with van der Waals surface area (Å²) in [5.41, 5.74) is -0.834. The number of rotatable bonds is 2. The summed E-state index contributed by atoms with van der Waals surface area (Å²) >= 11 is 0. The molecule has 0 aliphatic carbocycles. The molecule has 0 amide bonds. The van der Waals surface area contributed by atoms with Gasteiger partial charge in [-0.3, -0.25) is 4.98 Å². The van der Waals surface area contributed by atoms with Gasteiger partial charge in [0.2, 0.25) is 5.88 Å². The highest BCUT2D eigenvalue weighted by Gasteiger charge is 2.32. The molecule has 4 nitrogen and oxygen atoms in total. The minimum atomic E-state index is -4.32. The van der Waals surface area contributed by atoms with Gasteiger partial charge in [-0.25, -0.2) is 4.79 Å². The van der Waals surface area contributed by atoms with Crippen molar-refractivity contribution in [3.05, 3.63) is 16.2 Å². The smallest absolute Gasteiger partial charge is 0.389 e. The van der Waals surface area contributed by atoms with E-state index < -0.39 is 30.1 Å². The molecule has 1 unspecified atom stereocenters. The zero-order valence-corrected chi connectivity index (χ0v) is 7.27. The third-order valence-electron chi connectivity index (χ3n) is 1.77. The zero-order valence-electron chi connectivity index (χ0n) is 7.27. The van der Waals surface area contributed by atoms with Gasteiger partial charge in [-0.15, -0.1) is 0 Å². The fourth-order valence-electron chi connectivity index (χ4n) is 1.19. The van der Waals surface area contributed by atoms with Gasteiger partial charge in [-0.1, -0.05) is 6.92 Å². The van der Waals surface area contributed by atoms with E-state index in [9.17, 15) is 18.0 Å². The number of H-pyrrole nitrogens is 2. The molecule has 80 valence electrons. The Morgan fingerprint density at radius 3 is 2.36 bits per heavy atom. The Hall–Kier alpha value is -1.40. The first-order valence-corrected chi connectivity index (χ1v) is 3.87. The lowest BCUT2D eigenvalue weighted by Gasteiger charge is -2.11. The molecule has 0 aliphatic heterocycles. The van der Waals surface area contributed by atoms with Crippen molar-refractivity contribution in [2.45, 2.75) is 25.4 Å². The SMILES string of the molecule is CC(CC(F)(F)F)c1[nH]c(=O)[nH]c1O. The van der Waals surface area contributed by atoms with Gasteiger partial charge >= 0.3 is 11.9 Å². The predicted molar refractivity (Wildman–Crippen MR) is 42.2 cm³/mol. The summed E-state index contributed by atoms with van der Waals surface area (Å²) in [7, 11) is 0. The molecule has 0 aromatic carbocycles. The largest absolute Gasteiger partial charge is 0.493 e. The van der Waals surface area contributed by atoms with Crippen molar-refractivity contribution in [3.63, 3.8) is 0 Å². The Balaban J connectivity index is 2.84. The van der Waals surface area contributed by atoms with Gasteiger partial charge in [-0.2, -0.15) is 13.2 Å². The van der Waals surface area contributed by atoms with E-state index in [4.69, 9.17) is 5.11 Å². The van der Waals surface area contributed by atoms with Crippen molar-refractivity contribution in [1.82, 2.24) is 9.97 Å². The number of imidazole rings is 1. The fourth-order valence-corrected chi connectivity index (χ4v) is 1.19. The molecule has 0 saturated heterocycles. The van der Waals surface area contributed by atoms with Crippen LogP contribution < -0.4 is 5.69 Å². The fraction of sp³-hybridized carbons (Fsp3) is 0.571. The van der Waals surface area contributed by atoms with Crippen LogP contribution in [0.15, 0.2) is 4.79 Å². The van der Waals surface area contributed by atoms with Crippen LogP contribution in [0.5, 0.6) is 5.88 Å². The summed E-state index contributed by atoms with van der Waals surface area (Å²) < 4.78 is 35.8. The van der Waals surface area contributed by atoms with Gasteiger partial charge in [-0.05, 0) is 0 Å². The molecule has 0 spiro atoms. The van der Waals surface area contributed by atoms with E-state index in [0.717, 1.165) is 0 Å². The van der Waals surface area contributed by atoms with Crippen LogP contribution >= 0.6 is 0 Å². The molecule has 7 heteroatoms. The molecule has 0 aliphatic rings. The Kier molecular flexibility index (Phi) is 2.59. The number of alkyl halides is 3. The molecule has 0 saturated carbocycles. The Labute approximate surface area is 76.8 Å². The summed E-state index contributed by atoms with van der Waals surface area (Å²) in [6.07, 6.45) is -5.41. The van der Waals surface area contributed by atoms with Crippen LogP contribution in [0.4, 0.5) is 13.2 Å². The number of aromatic amines is 2. The summed E-state index contributed by atoms with van der Waals surface area (Å²) in [6, 6.07) is 0. The first-order valence-electron chi connectivity index (χ1n) is 3.87. The summed E-state index contributed by atoms with van der Waals surface area (Å²) in [5.74, 6) is -1.51. The van der Waals surface area contributed by atoms with E-state index >= 15 is 0 Å². The maximum Gasteiger partial charge on any atom is 0.389 e. The standard InChI is InChI=1S/C7H9F3N2O2/c1-3(2-7(8,9)10)4-5(13)12-6(14)11-4/h3,13H,2H2,1H3,(H2,11,12,14). The van der Waals surface area contributed by atoms with Crippen LogP contribution in [-0.2, 0) is 0 Å². The first-order chi connectivity index (χ1) is 6.29. The minimum Gasteiger partial charge on any atom is -0.493 e. The molecule has 14 heavy (non-hydrogen) atoms. The van der Waals surface area contributed by atoms with Crippen molar-refractivity contribution in [2.24, 2.45) is 0 Å². The normalized spacial score (nSPS) is 14.3. The first kappa shape index (κ1) is 10.7. The topological polar surface area (TPSA) is 68.9 Å². The maximum atomic E-state index is 11.9. The highest BCUT2D eigenvalue weighted by Crippen LogP contribution is 2.32. The van der Waals surface area contributed by atoms with Crippen molar-refractivity contribution in [1.29, 1.82) is 0 Å². The molecule has 1 aromatic rings. The van der Waals surface area contributed by atoms with Crippen LogP contribution in [-0.4, -0.2) is 21.3 Å². The van der Waals surface area contributed by atoms with Crippen LogP contribution in [0.2, 0.25) is 0 Å². The van der Waals surface area contributed by atoms with Crippen molar-refractivity contribution >= 4 is 0 Å². The second kappa shape index (κ2) is 3.39. The average molecular weight is 210 g/mol. The van der Waals surface area contributed by atoms with E-state index in [-0.39, 0.29) is 5.69 Å². The Morgan fingerprint density at radius 1 is 1.43 bits per heavy atom. The molecule has 0 bridgehead atoms. The molecule has 0 radical (unpaired) electrons. The Morgan fingerprint density at radius 2 is 2.00 bits per heavy atom. The van der Waals surface area contributed by atoms with Crippen LogP contribution in [0.25, 0.3) is 0 Å². The molecule has 1 aromatic heterocycles. The highest BCUT2D eigenvalue weighted by atomic mass is 19.4. The van der Waals surface area contributed by atoms with Crippen molar-refractivity contribution in [2.75, 3.05) is 0 Å². The summed E-state index contributed by atoms with van der Waals surface area (Å²) in [4.78, 5) is 14.7. The number of hydrogen-bond donors (Lipinski definition) is 3. The van der Waals surface area contributed by atoms with Gasteiger partial charge in [0.15, 0.2) is 0 Å². The van der Waals surface area contributed by atoms with E-state index in [0.29, 0.717) is 0 Å². The second-order valence-corrected chi connectivity index (χ2v) is 3.06. The molecular formula is C7H9F3N2O2. The molecule has 0 fully saturated rings. The van der Waals surface area contributed by atoms with E-state index in [1.807, 2.05) is 4.98 Å². The lowest BCUT2D eigenvalue weighted by atomic mass is 10.0. The van der Waals surface area contributed by atoms with Crippen molar-refractivity contribution in [3.8, 4) is 5.88 Å². The molecule has 3 N–H and O–H groups in total. The average Bonchev–Trinajstić information content (AvgIpc) is 2.26. The van der Waals surface area contributed by atoms with Crippen LogP contribution in [0, 0.1) is 0 Å². The molecule has 1 atom stereocenters. The maximum absolute atomic E-state index is 11.9. The van der Waals surface area contributed by atoms with Gasteiger partial charge in [0, 0.05) is 5.92 Å². The monoisotopic (exact) mass is 210 g/mol. The predicted octanol–water partition coefficient (Wildman–Crippen LogP) is 1.46. The van der Waals surface area contributed by atoms with E-state index in [2.05, 4.69) is 4.98 Å². The summed E-state index contributed by atoms with van der Waals surface area (Å²) in [5, 5.41) is 9.04. The lowest BCUT2D eigenvalue weighted by Crippen LogP contribution is -2.13. The van der Waals surface area contributed by atoms with E-state index in [1.54, 1.807) is 0 Å². The van der Waals surface area contributed by atoms with Crippen LogP contribution in [0.3, 0.4) is 0 Å². The van der Waals surface area contributed by atoms with Gasteiger partial charge < -0.3 is 10.1 Å². The third kappa shape index (κ3) is 2.54. The molecule has 1 rings (SSSR count). The van der Waals surface area contributed by atoms with Gasteiger partial charge in [0.1, 0.15) is 0 Å². The number of aromatic hydroxyl groups is 1. The van der Waals surface area contributed by atoms with Crippen molar-refractivity contribution < 1.29 is 18.3 Å². The number of aromatic nitrogens is 2. The number of nitrogens with one attached hydrogen (secondary N) is 2. The van der Waals surface area contributed by atoms with Gasteiger partial charge in [0.05, 0.1) is 12.1 Å². The minimum absolute atomic E-state index is 0.118. The Bertz CT molecular complexity index is 366.